The summed E-state index contributed by atoms with van der Waals surface area (Å²) in [5, 5.41) is 90.9. The minimum absolute atomic E-state index is 0. The molecular formula is C72H122LiN11O31Pd. The van der Waals surface area contributed by atoms with Crippen LogP contribution in [0.2, 0.25) is 0 Å². The van der Waals surface area contributed by atoms with Gasteiger partial charge in [-0.25, -0.2) is 4.79 Å². The van der Waals surface area contributed by atoms with Crippen molar-refractivity contribution in [1.82, 2.24) is 56.9 Å². The van der Waals surface area contributed by atoms with Gasteiger partial charge in [0.2, 0.25) is 64.6 Å². The number of carboxylic acid groups (broad SMARTS) is 4. The van der Waals surface area contributed by atoms with E-state index < -0.39 is 99.8 Å². The van der Waals surface area contributed by atoms with Crippen LogP contribution in [0, 0.1) is 44.8 Å². The van der Waals surface area contributed by atoms with E-state index in [2.05, 4.69) is 46.9 Å². The molecule has 42 nitrogen and oxygen atoms in total. The van der Waals surface area contributed by atoms with Gasteiger partial charge in [-0.05, 0) is 77.7 Å². The van der Waals surface area contributed by atoms with E-state index >= 15 is 0 Å². The molecule has 8 saturated heterocycles. The van der Waals surface area contributed by atoms with Crippen LogP contribution in [-0.4, -0.2) is 304 Å². The molecule has 116 heavy (non-hydrogen) atoms. The number of Topliss-reactive ketones (excluding diaryl/α,β-unsaturated/α-hetero) is 1. The zero-order valence-electron chi connectivity index (χ0n) is 66.1. The number of aromatic carboxylic acids is 1. The fourth-order valence-electron chi connectivity index (χ4n) is 12.8. The Bertz CT molecular complexity index is 3450. The van der Waals surface area contributed by atoms with Gasteiger partial charge in [-0.3, -0.25) is 81.5 Å². The number of aliphatic hydroxyl groups excluding tert-OH is 4. The molecule has 8 aliphatic rings. The van der Waals surface area contributed by atoms with Crippen molar-refractivity contribution in [2.24, 2.45) is 44.8 Å². The summed E-state index contributed by atoms with van der Waals surface area (Å²) >= 11 is 0. The second kappa shape index (κ2) is 55.7. The van der Waals surface area contributed by atoms with Gasteiger partial charge >= 0.3 is 54.7 Å². The van der Waals surface area contributed by atoms with E-state index in [1.807, 2.05) is 13.8 Å². The standard InChI is InChI=1S/C14H24N2O5.C13H21N3O4.C9H15NO3.C8H13NO3.C7H11NO4.C7H11NO3.C6H9NO3.C6H5NO3.2CH4.Li.3H2O.Pd/c1-9(18)10(13(21)16(2)3)6-11(19)14(8-17)4-5-15-12(20)7-14;1-8(17)10(11(19)15(2)3)16-7-13(12(16)20)4-5-14-9(18)6-13;1-3-9(8(12)13-2)4-5-10-7(11)6-9;1-2-8(7(11)12)3-4-9-6(10)5-8;9-4-7(6(11)12)1-2-8-5(10)3-7;1-11-7(10)5-2-3-8-6(9)4-5;2*8-5-3-4(6(9)10)1-2-7-5;;;;;;;/h9-10,17-18H,4-8H2,1-3H3,(H,15,20);8,10,17H,4-7H2,1-3H3,(H,14,18);3-6H2,1-2H3,(H,10,11);2-5H2,1H3,(H,9,10)(H,11,12);9H,1-4H2,(H,8,10)(H,11,12);5H,2-4H2,1H3,(H,8,9);4H,1-3H2,(H,7,8)(H,9,10);1-3H,(H,7,8)(H,9,10);2*1H4;;3*1H2;/q;;;;;;;;;;+1;;;;/p-1/t9-,10+,14?;8-,10+,13?;;;;;;;;;;;;;/m11............./s1. The van der Waals surface area contributed by atoms with Crippen LogP contribution < -0.4 is 61.6 Å². The predicted octanol–water partition coefficient (Wildman–Crippen LogP) is -6.91. The van der Waals surface area contributed by atoms with E-state index in [4.69, 9.17) is 30.3 Å². The van der Waals surface area contributed by atoms with Gasteiger partial charge in [0, 0.05) is 165 Å². The number of pyridine rings is 1. The Balaban J connectivity index is -0.000000300. The number of ketones is 1. The number of likely N-dealkylation sites (N-methyl/N-ethyl adjacent to an activating group) is 1. The third-order valence-electron chi connectivity index (χ3n) is 20.0. The number of carboxylic acids is 4. The molecule has 0 aliphatic carbocycles. The number of methoxy groups -OCH3 is 2. The first-order valence-corrected chi connectivity index (χ1v) is 35.5. The van der Waals surface area contributed by atoms with Crippen molar-refractivity contribution < 1.29 is 188 Å². The summed E-state index contributed by atoms with van der Waals surface area (Å²) < 4.78 is 9.23. The quantitative estimate of drug-likeness (QED) is 0.0369. The minimum Gasteiger partial charge on any atom is -0.870 e. The average molecular weight is 1750 g/mol. The molecule has 1 spiro atoms. The molecule has 0 saturated carbocycles. The van der Waals surface area contributed by atoms with E-state index in [-0.39, 0.29) is 210 Å². The van der Waals surface area contributed by atoms with E-state index in [1.54, 1.807) is 28.2 Å². The number of carbonyl (C=O) groups is 17. The SMILES string of the molecule is C.C.CCC1(C(=O)O)CCNC(=O)C1.CCC1(C(=O)OC)CCNC(=O)C1.COC(=O)C1CCNC(=O)C1.C[C@@H](O)[C@@H](C(=O)N(C)C)N1CC2(CCNC(=O)C2)C1=O.C[C@@H](O)[C@H](CC(=O)C1(CO)CCNC(=O)C1)C(=O)N(C)C.O.O.O=C(O)c1cc[nH]c(=O)c1.O=C1CC(C(=O)O)CCN1.O=C1CC(CO)(C(=O)O)CCN1.[Li+].[OH-].[Pd]. The largest absolute Gasteiger partial charge is 1.00 e. The molecule has 10 amide bonds. The number of ether oxygens (including phenoxy) is 2. The number of aromatic nitrogens is 1. The van der Waals surface area contributed by atoms with Crippen molar-refractivity contribution in [3.63, 3.8) is 0 Å². The molecule has 0 aromatic carbocycles. The zero-order chi connectivity index (χ0) is 83.0. The van der Waals surface area contributed by atoms with Gasteiger partial charge in [0.1, 0.15) is 17.2 Å². The molecule has 9 rings (SSSR count). The number of likely N-dealkylation sites (tertiary alicyclic amines) is 1. The number of hydrogen-bond donors (Lipinski definition) is 16. The number of aliphatic carboxylic acids is 3. The predicted molar refractivity (Wildman–Crippen MR) is 403 cm³/mol. The maximum absolute atomic E-state index is 12.5. The van der Waals surface area contributed by atoms with Crippen molar-refractivity contribution in [3.8, 4) is 0 Å². The molecule has 9 heterocycles. The Labute approximate surface area is 698 Å². The number of aliphatic hydroxyl groups is 4. The van der Waals surface area contributed by atoms with Crippen LogP contribution in [0.5, 0.6) is 0 Å². The molecule has 1 aromatic heterocycles. The summed E-state index contributed by atoms with van der Waals surface area (Å²) in [5.41, 5.74) is -4.82. The molecule has 8 aliphatic heterocycles. The van der Waals surface area contributed by atoms with Gasteiger partial charge in [-0.2, -0.15) is 0 Å². The number of esters is 2. The Morgan fingerprint density at radius 3 is 1.25 bits per heavy atom. The molecule has 0 radical (unpaired) electrons. The van der Waals surface area contributed by atoms with E-state index in [1.165, 1.54) is 55.0 Å². The Morgan fingerprint density at radius 1 is 0.543 bits per heavy atom. The van der Waals surface area contributed by atoms with Gasteiger partial charge in [0.05, 0.1) is 84.6 Å². The van der Waals surface area contributed by atoms with Crippen molar-refractivity contribution >= 4 is 101 Å². The Morgan fingerprint density at radius 2 is 0.931 bits per heavy atom. The zero-order valence-corrected chi connectivity index (χ0v) is 67.7. The number of rotatable bonds is 18. The number of nitrogens with zero attached hydrogens (tertiary/aromatic N) is 3. The molecular weight excluding hydrogens is 1630 g/mol. The van der Waals surface area contributed by atoms with Crippen molar-refractivity contribution in [2.45, 2.75) is 170 Å². The first-order valence-electron chi connectivity index (χ1n) is 35.5. The maximum atomic E-state index is 12.5. The van der Waals surface area contributed by atoms with Crippen LogP contribution in [0.3, 0.4) is 0 Å². The van der Waals surface area contributed by atoms with Gasteiger partial charge < -0.3 is 124 Å². The molecule has 44 heteroatoms. The van der Waals surface area contributed by atoms with Crippen LogP contribution in [-0.2, 0) is 107 Å². The van der Waals surface area contributed by atoms with E-state index in [0.29, 0.717) is 110 Å². The Kier molecular flexibility index (Phi) is 56.6. The first-order chi connectivity index (χ1) is 51.0. The topological polar surface area (TPSA) is 690 Å². The van der Waals surface area contributed by atoms with Crippen LogP contribution in [0.1, 0.15) is 162 Å². The van der Waals surface area contributed by atoms with Crippen LogP contribution in [0.4, 0.5) is 0 Å². The summed E-state index contributed by atoms with van der Waals surface area (Å²) in [6.45, 7) is 9.40. The van der Waals surface area contributed by atoms with Gasteiger partial charge in [0.15, 0.2) is 0 Å². The average Bonchev–Trinajstić information content (AvgIpc) is 0.731. The van der Waals surface area contributed by atoms with Crippen LogP contribution >= 0.6 is 0 Å². The summed E-state index contributed by atoms with van der Waals surface area (Å²) in [6, 6.07) is 1.49. The molecule has 8 fully saturated rings. The maximum Gasteiger partial charge on any atom is 1.00 e. The molecule has 662 valence electrons. The molecule has 21 N–H and O–H groups in total. The molecule has 0 bridgehead atoms. The molecule has 11 atom stereocenters. The van der Waals surface area contributed by atoms with E-state index in [9.17, 15) is 102 Å². The second-order valence-corrected chi connectivity index (χ2v) is 28.2. The number of carbonyl (C=O) groups excluding carboxylic acids is 13. The number of nitrogens with one attached hydrogen (secondary N) is 8. The van der Waals surface area contributed by atoms with Crippen molar-refractivity contribution in [2.75, 3.05) is 108 Å². The second-order valence-electron chi connectivity index (χ2n) is 28.2. The van der Waals surface area contributed by atoms with Crippen molar-refractivity contribution in [1.29, 1.82) is 0 Å². The number of piperidine rings is 7. The van der Waals surface area contributed by atoms with Gasteiger partial charge in [-0.15, -0.1) is 0 Å². The van der Waals surface area contributed by atoms with Crippen molar-refractivity contribution in [3.05, 3.63) is 34.2 Å². The molecule has 1 aromatic rings. The normalized spacial score (nSPS) is 24.0. The number of amides is 10. The van der Waals surface area contributed by atoms with Gasteiger partial charge in [0.25, 0.3) is 0 Å². The monoisotopic (exact) mass is 1750 g/mol. The number of hydrogen-bond acceptors (Lipinski definition) is 25. The fraction of sp³-hybridized carbons (Fsp3) is 0.694. The Hall–Kier alpha value is -8.88. The fourth-order valence-corrected chi connectivity index (χ4v) is 12.8. The number of aromatic amines is 1. The molecule has 7 unspecified atom stereocenters. The third-order valence-corrected chi connectivity index (χ3v) is 20.0. The number of H-pyrrole nitrogens is 1. The van der Waals surface area contributed by atoms with E-state index in [0.717, 1.165) is 6.07 Å². The summed E-state index contributed by atoms with van der Waals surface area (Å²) in [7, 11) is 8.99. The summed E-state index contributed by atoms with van der Waals surface area (Å²) in [5.74, 6) is -8.32. The first kappa shape index (κ1) is 118. The summed E-state index contributed by atoms with van der Waals surface area (Å²) in [4.78, 5) is 208. The van der Waals surface area contributed by atoms with Crippen LogP contribution in [0.25, 0.3) is 0 Å². The van der Waals surface area contributed by atoms with Crippen LogP contribution in [0.15, 0.2) is 23.1 Å². The minimum atomic E-state index is -1.25. The van der Waals surface area contributed by atoms with Gasteiger partial charge in [-0.1, -0.05) is 28.7 Å². The summed E-state index contributed by atoms with van der Waals surface area (Å²) in [6.07, 6.45) is 4.85. The smallest absolute Gasteiger partial charge is 0.870 e. The third kappa shape index (κ3) is 35.1. The number of β-lactam (4-membered cyclic amide) rings is 1.